The van der Waals surface area contributed by atoms with E-state index in [2.05, 4.69) is 34.7 Å². The second kappa shape index (κ2) is 6.69. The molecule has 1 aromatic rings. The van der Waals surface area contributed by atoms with Crippen molar-refractivity contribution in [2.24, 2.45) is 5.92 Å². The predicted octanol–water partition coefficient (Wildman–Crippen LogP) is 1.70. The minimum atomic E-state index is -3.75. The third-order valence-corrected chi connectivity index (χ3v) is 6.19. The molecule has 0 aliphatic carbocycles. The van der Waals surface area contributed by atoms with Crippen LogP contribution in [0.15, 0.2) is 20.0 Å². The second-order valence-corrected chi connectivity index (χ2v) is 8.28. The Morgan fingerprint density at radius 2 is 1.95 bits per heavy atom. The van der Waals surface area contributed by atoms with E-state index in [0.717, 1.165) is 12.6 Å². The molecule has 0 atom stereocenters. The number of hydrogen-bond acceptors (Lipinski definition) is 5. The molecule has 1 saturated heterocycles. The van der Waals surface area contributed by atoms with Gasteiger partial charge in [-0.1, -0.05) is 13.8 Å². The quantitative estimate of drug-likeness (QED) is 0.816. The maximum atomic E-state index is 12.6. The largest absolute Gasteiger partial charge is 0.475 e. The summed E-state index contributed by atoms with van der Waals surface area (Å²) in [7, 11) is -3.75. The summed E-state index contributed by atoms with van der Waals surface area (Å²) in [5.41, 5.74) is 0. The summed E-state index contributed by atoms with van der Waals surface area (Å²) in [6.07, 6.45) is 0. The number of sulfonamides is 1. The molecule has 1 aliphatic heterocycles. The summed E-state index contributed by atoms with van der Waals surface area (Å²) < 4.78 is 31.4. The Labute approximate surface area is 138 Å². The molecule has 1 aromatic heterocycles. The molecule has 22 heavy (non-hydrogen) atoms. The fraction of sp³-hybridized carbons (Fsp3) is 0.615. The third-order valence-electron chi connectivity index (χ3n) is 3.44. The van der Waals surface area contributed by atoms with Crippen molar-refractivity contribution < 1.29 is 22.7 Å². The number of piperazine rings is 1. The molecule has 1 N–H and O–H groups in total. The molecule has 2 heterocycles. The standard InChI is InChI=1S/C13H19BrN2O5S/c1-9(2)8-15-3-5-16(6-4-15)22(19,20)11-7-10(13(17)18)21-12(11)14/h7,9H,3-6,8H2,1-2H3,(H,17,18). The van der Waals surface area contributed by atoms with Crippen LogP contribution in [0.4, 0.5) is 0 Å². The van der Waals surface area contributed by atoms with Gasteiger partial charge in [-0.25, -0.2) is 13.2 Å². The van der Waals surface area contributed by atoms with E-state index in [-0.39, 0.29) is 9.56 Å². The Kier molecular flexibility index (Phi) is 5.31. The van der Waals surface area contributed by atoms with Crippen molar-refractivity contribution in [2.75, 3.05) is 32.7 Å². The van der Waals surface area contributed by atoms with Crippen LogP contribution in [0.3, 0.4) is 0 Å². The predicted molar refractivity (Wildman–Crippen MR) is 83.4 cm³/mol. The van der Waals surface area contributed by atoms with Gasteiger partial charge in [0.2, 0.25) is 15.8 Å². The Morgan fingerprint density at radius 1 is 1.36 bits per heavy atom. The normalized spacial score (nSPS) is 18.0. The molecule has 0 aromatic carbocycles. The number of aromatic carboxylic acids is 1. The molecule has 0 saturated carbocycles. The lowest BCUT2D eigenvalue weighted by molar-refractivity contribution is 0.0661. The summed E-state index contributed by atoms with van der Waals surface area (Å²) in [5.74, 6) is -1.17. The highest BCUT2D eigenvalue weighted by Gasteiger charge is 2.33. The molecule has 0 radical (unpaired) electrons. The van der Waals surface area contributed by atoms with Crippen LogP contribution in [0.25, 0.3) is 0 Å². The monoisotopic (exact) mass is 394 g/mol. The van der Waals surface area contributed by atoms with Crippen molar-refractivity contribution >= 4 is 31.9 Å². The van der Waals surface area contributed by atoms with Gasteiger partial charge in [0, 0.05) is 38.8 Å². The van der Waals surface area contributed by atoms with Crippen LogP contribution >= 0.6 is 15.9 Å². The molecule has 0 bridgehead atoms. The van der Waals surface area contributed by atoms with Gasteiger partial charge >= 0.3 is 5.97 Å². The number of furan rings is 1. The summed E-state index contributed by atoms with van der Waals surface area (Å²) in [5, 5.41) is 8.89. The van der Waals surface area contributed by atoms with Crippen molar-refractivity contribution in [3.63, 3.8) is 0 Å². The fourth-order valence-corrected chi connectivity index (χ4v) is 4.77. The fourth-order valence-electron chi connectivity index (χ4n) is 2.44. The molecule has 0 amide bonds. The Hall–Kier alpha value is -0.900. The van der Waals surface area contributed by atoms with Gasteiger partial charge in [0.25, 0.3) is 0 Å². The molecule has 9 heteroatoms. The van der Waals surface area contributed by atoms with Crippen LogP contribution in [0.5, 0.6) is 0 Å². The first-order valence-corrected chi connectivity index (χ1v) is 9.20. The van der Waals surface area contributed by atoms with Gasteiger partial charge in [-0.15, -0.1) is 0 Å². The lowest BCUT2D eigenvalue weighted by atomic mass is 10.2. The first-order chi connectivity index (χ1) is 10.2. The van der Waals surface area contributed by atoms with E-state index in [1.54, 1.807) is 0 Å². The highest BCUT2D eigenvalue weighted by molar-refractivity contribution is 9.10. The van der Waals surface area contributed by atoms with Crippen LogP contribution in [-0.4, -0.2) is 61.4 Å². The van der Waals surface area contributed by atoms with Crippen molar-refractivity contribution in [3.05, 3.63) is 16.5 Å². The van der Waals surface area contributed by atoms with Crippen molar-refractivity contribution in [2.45, 2.75) is 18.7 Å². The van der Waals surface area contributed by atoms with Gasteiger partial charge < -0.3 is 14.4 Å². The van der Waals surface area contributed by atoms with Crippen LogP contribution in [0.1, 0.15) is 24.4 Å². The topological polar surface area (TPSA) is 91.1 Å². The van der Waals surface area contributed by atoms with Gasteiger partial charge in [0.05, 0.1) is 0 Å². The van der Waals surface area contributed by atoms with E-state index in [0.29, 0.717) is 32.1 Å². The average molecular weight is 395 g/mol. The zero-order chi connectivity index (χ0) is 16.5. The summed E-state index contributed by atoms with van der Waals surface area (Å²) in [4.78, 5) is 13.0. The lowest BCUT2D eigenvalue weighted by Crippen LogP contribution is -2.49. The first kappa shape index (κ1) is 17.5. The number of carbonyl (C=O) groups is 1. The molecule has 0 unspecified atom stereocenters. The van der Waals surface area contributed by atoms with Crippen LogP contribution in [0, 0.1) is 5.92 Å². The number of carboxylic acid groups (broad SMARTS) is 1. The number of carboxylic acids is 1. The Morgan fingerprint density at radius 3 is 2.41 bits per heavy atom. The number of hydrogen-bond donors (Lipinski definition) is 1. The maximum Gasteiger partial charge on any atom is 0.371 e. The van der Waals surface area contributed by atoms with E-state index in [9.17, 15) is 13.2 Å². The average Bonchev–Trinajstić information content (AvgIpc) is 2.82. The van der Waals surface area contributed by atoms with Crippen molar-refractivity contribution in [1.29, 1.82) is 0 Å². The lowest BCUT2D eigenvalue weighted by Gasteiger charge is -2.34. The summed E-state index contributed by atoms with van der Waals surface area (Å²) >= 11 is 2.99. The van der Waals surface area contributed by atoms with E-state index >= 15 is 0 Å². The number of nitrogens with zero attached hydrogens (tertiary/aromatic N) is 2. The Bertz CT molecular complexity index is 647. The van der Waals surface area contributed by atoms with Gasteiger partial charge in [0.1, 0.15) is 4.90 Å². The van der Waals surface area contributed by atoms with Crippen molar-refractivity contribution in [3.8, 4) is 0 Å². The van der Waals surface area contributed by atoms with Gasteiger partial charge in [-0.3, -0.25) is 0 Å². The first-order valence-electron chi connectivity index (χ1n) is 6.97. The smallest absolute Gasteiger partial charge is 0.371 e. The Balaban J connectivity index is 2.13. The van der Waals surface area contributed by atoms with Crippen LogP contribution in [0.2, 0.25) is 0 Å². The third kappa shape index (κ3) is 3.70. The molecular formula is C13H19BrN2O5S. The zero-order valence-corrected chi connectivity index (χ0v) is 14.9. The molecule has 0 spiro atoms. The summed E-state index contributed by atoms with van der Waals surface area (Å²) in [6.45, 7) is 7.28. The molecular weight excluding hydrogens is 376 g/mol. The highest BCUT2D eigenvalue weighted by Crippen LogP contribution is 2.29. The van der Waals surface area contributed by atoms with E-state index in [4.69, 9.17) is 9.52 Å². The highest BCUT2D eigenvalue weighted by atomic mass is 79.9. The van der Waals surface area contributed by atoms with E-state index in [1.807, 2.05) is 0 Å². The molecule has 7 nitrogen and oxygen atoms in total. The van der Waals surface area contributed by atoms with Crippen molar-refractivity contribution in [1.82, 2.24) is 9.21 Å². The minimum absolute atomic E-state index is 0.0745. The number of halogens is 1. The SMILES string of the molecule is CC(C)CN1CCN(S(=O)(=O)c2cc(C(=O)O)oc2Br)CC1. The molecule has 1 fully saturated rings. The minimum Gasteiger partial charge on any atom is -0.475 e. The molecule has 124 valence electrons. The van der Waals surface area contributed by atoms with Crippen LogP contribution in [-0.2, 0) is 10.0 Å². The van der Waals surface area contributed by atoms with E-state index in [1.165, 1.54) is 4.31 Å². The van der Waals surface area contributed by atoms with E-state index < -0.39 is 21.8 Å². The summed E-state index contributed by atoms with van der Waals surface area (Å²) in [6, 6.07) is 1.04. The van der Waals surface area contributed by atoms with Gasteiger partial charge in [0.15, 0.2) is 4.67 Å². The molecule has 1 aliphatic rings. The van der Waals surface area contributed by atoms with Crippen LogP contribution < -0.4 is 0 Å². The maximum absolute atomic E-state index is 12.6. The van der Waals surface area contributed by atoms with Gasteiger partial charge in [-0.2, -0.15) is 4.31 Å². The zero-order valence-electron chi connectivity index (χ0n) is 12.5. The van der Waals surface area contributed by atoms with Gasteiger partial charge in [-0.05, 0) is 21.8 Å². The number of rotatable bonds is 5. The molecule has 2 rings (SSSR count). The second-order valence-electron chi connectivity index (χ2n) is 5.65.